The zero-order valence-corrected chi connectivity index (χ0v) is 15.4. The molecule has 2 N–H and O–H groups in total. The lowest BCUT2D eigenvalue weighted by atomic mass is 10.1. The van der Waals surface area contributed by atoms with Crippen molar-refractivity contribution in [2.75, 3.05) is 36.0 Å². The van der Waals surface area contributed by atoms with Crippen molar-refractivity contribution < 1.29 is 22.8 Å². The zero-order valence-electron chi connectivity index (χ0n) is 15.4. The number of benzene rings is 2. The van der Waals surface area contributed by atoms with Gasteiger partial charge in [0.15, 0.2) is 0 Å². The number of nitrogens with zero attached hydrogens (tertiary/aromatic N) is 2. The molecule has 0 aromatic heterocycles. The molecule has 0 saturated carbocycles. The second-order valence-corrected chi connectivity index (χ2v) is 7.02. The van der Waals surface area contributed by atoms with Crippen LogP contribution in [0.25, 0.3) is 0 Å². The smallest absolute Gasteiger partial charge is 0.321 e. The number of urea groups is 1. The molecule has 4 rings (SSSR count). The van der Waals surface area contributed by atoms with Crippen LogP contribution in [-0.4, -0.2) is 44.2 Å². The highest BCUT2D eigenvalue weighted by molar-refractivity contribution is 5.98. The number of nitrogens with one attached hydrogen (secondary N) is 2. The number of amides is 3. The van der Waals surface area contributed by atoms with E-state index in [-0.39, 0.29) is 29.9 Å². The van der Waals surface area contributed by atoms with Crippen LogP contribution < -0.4 is 20.4 Å². The number of anilines is 2. The molecule has 0 unspecified atom stereocenters. The quantitative estimate of drug-likeness (QED) is 0.824. The minimum Gasteiger partial charge on any atom is -0.365 e. The topological polar surface area (TPSA) is 64.7 Å². The maximum atomic E-state index is 14.2. The maximum absolute atomic E-state index is 14.2. The SMILES string of the molecule is O=C(N[C@@H]1CCN(c2c(F)cccc2F)C1)c1cc(N2CCNC2=O)ccc1F. The minimum absolute atomic E-state index is 0.127. The van der Waals surface area contributed by atoms with E-state index >= 15 is 0 Å². The summed E-state index contributed by atoms with van der Waals surface area (Å²) in [6.45, 7) is 1.47. The maximum Gasteiger partial charge on any atom is 0.321 e. The molecule has 0 radical (unpaired) electrons. The van der Waals surface area contributed by atoms with Gasteiger partial charge in [0.2, 0.25) is 0 Å². The van der Waals surface area contributed by atoms with Gasteiger partial charge >= 0.3 is 6.03 Å². The molecule has 2 aromatic carbocycles. The summed E-state index contributed by atoms with van der Waals surface area (Å²) in [7, 11) is 0. The number of halogens is 3. The molecule has 9 heteroatoms. The number of carbonyl (C=O) groups excluding carboxylic acids is 2. The molecule has 3 amide bonds. The Morgan fingerprint density at radius 2 is 1.83 bits per heavy atom. The fraction of sp³-hybridized carbons (Fsp3) is 0.300. The standard InChI is InChI=1S/C20H19F3N4O2/c21-15-5-4-13(27-9-7-24-20(27)29)10-14(15)19(28)25-12-6-8-26(11-12)18-16(22)2-1-3-17(18)23/h1-5,10,12H,6-9,11H2,(H,24,29)(H,25,28)/t12-/m1/s1. The summed E-state index contributed by atoms with van der Waals surface area (Å²) in [6, 6.07) is 6.87. The lowest BCUT2D eigenvalue weighted by Gasteiger charge is -2.20. The Morgan fingerprint density at radius 1 is 1.07 bits per heavy atom. The van der Waals surface area contributed by atoms with E-state index in [1.165, 1.54) is 40.1 Å². The molecule has 0 bridgehead atoms. The second-order valence-electron chi connectivity index (χ2n) is 7.02. The van der Waals surface area contributed by atoms with Crippen LogP contribution in [0.2, 0.25) is 0 Å². The van der Waals surface area contributed by atoms with Gasteiger partial charge in [-0.2, -0.15) is 0 Å². The van der Waals surface area contributed by atoms with Gasteiger partial charge in [0.05, 0.1) is 5.56 Å². The molecule has 2 fully saturated rings. The van der Waals surface area contributed by atoms with Gasteiger partial charge in [-0.3, -0.25) is 9.69 Å². The Labute approximate surface area is 165 Å². The van der Waals surface area contributed by atoms with Gasteiger partial charge in [-0.05, 0) is 36.8 Å². The molecule has 29 heavy (non-hydrogen) atoms. The summed E-state index contributed by atoms with van der Waals surface area (Å²) < 4.78 is 42.2. The van der Waals surface area contributed by atoms with E-state index in [2.05, 4.69) is 10.6 Å². The predicted molar refractivity (Wildman–Crippen MR) is 102 cm³/mol. The summed E-state index contributed by atoms with van der Waals surface area (Å²) in [4.78, 5) is 27.4. The van der Waals surface area contributed by atoms with Crippen LogP contribution >= 0.6 is 0 Å². The van der Waals surface area contributed by atoms with Crippen molar-refractivity contribution in [2.24, 2.45) is 0 Å². The highest BCUT2D eigenvalue weighted by Crippen LogP contribution is 2.27. The van der Waals surface area contributed by atoms with E-state index in [4.69, 9.17) is 0 Å². The van der Waals surface area contributed by atoms with E-state index in [0.29, 0.717) is 31.7 Å². The molecular weight excluding hydrogens is 385 g/mol. The van der Waals surface area contributed by atoms with Crippen LogP contribution in [-0.2, 0) is 0 Å². The lowest BCUT2D eigenvalue weighted by Crippen LogP contribution is -2.38. The first kappa shape index (κ1) is 19.1. The molecule has 2 aliphatic heterocycles. The van der Waals surface area contributed by atoms with Crippen molar-refractivity contribution in [3.8, 4) is 0 Å². The van der Waals surface area contributed by atoms with Crippen molar-refractivity contribution in [3.63, 3.8) is 0 Å². The molecule has 6 nitrogen and oxygen atoms in total. The third-order valence-electron chi connectivity index (χ3n) is 5.14. The average Bonchev–Trinajstić information content (AvgIpc) is 3.31. The normalized spacial score (nSPS) is 18.9. The summed E-state index contributed by atoms with van der Waals surface area (Å²) in [5.74, 6) is -2.68. The van der Waals surface area contributed by atoms with Crippen LogP contribution in [0.4, 0.5) is 29.3 Å². The van der Waals surface area contributed by atoms with E-state index in [1.807, 2.05) is 0 Å². The van der Waals surface area contributed by atoms with Crippen LogP contribution in [0.15, 0.2) is 36.4 Å². The Hall–Kier alpha value is -3.23. The number of rotatable bonds is 4. The van der Waals surface area contributed by atoms with Crippen LogP contribution in [0.1, 0.15) is 16.8 Å². The number of para-hydroxylation sites is 1. The number of hydrogen-bond acceptors (Lipinski definition) is 3. The second kappa shape index (κ2) is 7.65. The summed E-state index contributed by atoms with van der Waals surface area (Å²) in [5.41, 5.74) is 0.114. The van der Waals surface area contributed by atoms with Crippen LogP contribution in [0.3, 0.4) is 0 Å². The Balaban J connectivity index is 1.47. The molecule has 2 heterocycles. The first-order chi connectivity index (χ1) is 13.9. The molecule has 1 atom stereocenters. The summed E-state index contributed by atoms with van der Waals surface area (Å²) in [5, 5.41) is 5.36. The first-order valence-electron chi connectivity index (χ1n) is 9.29. The average molecular weight is 404 g/mol. The highest BCUT2D eigenvalue weighted by atomic mass is 19.1. The van der Waals surface area contributed by atoms with Crippen molar-refractivity contribution in [2.45, 2.75) is 12.5 Å². The largest absolute Gasteiger partial charge is 0.365 e. The third-order valence-corrected chi connectivity index (χ3v) is 5.14. The molecule has 0 spiro atoms. The summed E-state index contributed by atoms with van der Waals surface area (Å²) >= 11 is 0. The summed E-state index contributed by atoms with van der Waals surface area (Å²) in [6.07, 6.45) is 0.468. The molecule has 2 aliphatic rings. The fourth-order valence-electron chi connectivity index (χ4n) is 3.71. The lowest BCUT2D eigenvalue weighted by molar-refractivity contribution is 0.0936. The van der Waals surface area contributed by atoms with Crippen LogP contribution in [0.5, 0.6) is 0 Å². The molecular formula is C20H19F3N4O2. The minimum atomic E-state index is -0.708. The van der Waals surface area contributed by atoms with E-state index < -0.39 is 23.4 Å². The third kappa shape index (κ3) is 3.72. The van der Waals surface area contributed by atoms with E-state index in [1.54, 1.807) is 0 Å². The van der Waals surface area contributed by atoms with Gasteiger partial charge in [0.1, 0.15) is 23.1 Å². The Kier molecular flexibility index (Phi) is 5.04. The molecule has 152 valence electrons. The van der Waals surface area contributed by atoms with Gasteiger partial charge in [0.25, 0.3) is 5.91 Å². The monoisotopic (exact) mass is 404 g/mol. The van der Waals surface area contributed by atoms with Crippen LogP contribution in [0, 0.1) is 17.5 Å². The first-order valence-corrected chi connectivity index (χ1v) is 9.29. The highest BCUT2D eigenvalue weighted by Gasteiger charge is 2.29. The molecule has 0 aliphatic carbocycles. The van der Waals surface area contributed by atoms with Gasteiger partial charge in [-0.25, -0.2) is 18.0 Å². The van der Waals surface area contributed by atoms with Crippen molar-refractivity contribution in [1.82, 2.24) is 10.6 Å². The van der Waals surface area contributed by atoms with Crippen molar-refractivity contribution >= 4 is 23.3 Å². The molecule has 2 aromatic rings. The van der Waals surface area contributed by atoms with E-state index in [0.717, 1.165) is 6.07 Å². The zero-order chi connectivity index (χ0) is 20.5. The van der Waals surface area contributed by atoms with Gasteiger partial charge in [-0.1, -0.05) is 6.07 Å². The Bertz CT molecular complexity index is 948. The van der Waals surface area contributed by atoms with Gasteiger partial charge < -0.3 is 15.5 Å². The van der Waals surface area contributed by atoms with Gasteiger partial charge in [-0.15, -0.1) is 0 Å². The van der Waals surface area contributed by atoms with E-state index in [9.17, 15) is 22.8 Å². The van der Waals surface area contributed by atoms with Crippen molar-refractivity contribution in [3.05, 3.63) is 59.4 Å². The molecule has 2 saturated heterocycles. The number of hydrogen-bond donors (Lipinski definition) is 2. The van der Waals surface area contributed by atoms with Gasteiger partial charge in [0, 0.05) is 37.9 Å². The Morgan fingerprint density at radius 3 is 2.52 bits per heavy atom. The fourth-order valence-corrected chi connectivity index (χ4v) is 3.71. The number of carbonyl (C=O) groups is 2. The predicted octanol–water partition coefficient (Wildman–Crippen LogP) is 2.64. The van der Waals surface area contributed by atoms with Crippen molar-refractivity contribution in [1.29, 1.82) is 0 Å².